The summed E-state index contributed by atoms with van der Waals surface area (Å²) in [5.74, 6) is 0.790. The molecule has 0 radical (unpaired) electrons. The molecule has 1 aliphatic heterocycles. The minimum absolute atomic E-state index is 0.511. The fraction of sp³-hybridized carbons (Fsp3) is 0.438. The molecular formula is C16H20N6O. The van der Waals surface area contributed by atoms with Gasteiger partial charge in [0.05, 0.1) is 23.9 Å². The Morgan fingerprint density at radius 2 is 2.26 bits per heavy atom. The first-order chi connectivity index (χ1) is 11.1. The van der Waals surface area contributed by atoms with Crippen molar-refractivity contribution in [2.24, 2.45) is 0 Å². The van der Waals surface area contributed by atoms with Gasteiger partial charge < -0.3 is 15.0 Å². The average Bonchev–Trinajstić information content (AvgIpc) is 3.19. The molecule has 1 atom stereocenters. The highest BCUT2D eigenvalue weighted by Crippen LogP contribution is 2.25. The van der Waals surface area contributed by atoms with Gasteiger partial charge in [0.25, 0.3) is 0 Å². The standard InChI is InChI=1S/C16H20N6O/c1-11-7-12(2)22-15(20-11)13(8-19-22)14-18-5-6-21(14)10-16(23)3-4-17-9-16/h5-8,17,23H,3-4,9-10H2,1-2H3. The Hall–Kier alpha value is -2.25. The van der Waals surface area contributed by atoms with E-state index in [1.54, 1.807) is 12.4 Å². The van der Waals surface area contributed by atoms with Crippen molar-refractivity contribution in [2.75, 3.05) is 13.1 Å². The van der Waals surface area contributed by atoms with Crippen molar-refractivity contribution in [3.63, 3.8) is 0 Å². The van der Waals surface area contributed by atoms with Crippen molar-refractivity contribution in [2.45, 2.75) is 32.4 Å². The highest BCUT2D eigenvalue weighted by atomic mass is 16.3. The Balaban J connectivity index is 1.79. The van der Waals surface area contributed by atoms with Crippen molar-refractivity contribution < 1.29 is 5.11 Å². The van der Waals surface area contributed by atoms with Gasteiger partial charge in [-0.15, -0.1) is 0 Å². The second-order valence-electron chi connectivity index (χ2n) is 6.36. The summed E-state index contributed by atoms with van der Waals surface area (Å²) in [6, 6.07) is 2.00. The number of rotatable bonds is 3. The number of hydrogen-bond donors (Lipinski definition) is 2. The van der Waals surface area contributed by atoms with E-state index < -0.39 is 5.60 Å². The third-order valence-corrected chi connectivity index (χ3v) is 4.42. The molecule has 7 heteroatoms. The molecule has 4 rings (SSSR count). The summed E-state index contributed by atoms with van der Waals surface area (Å²) in [5.41, 5.74) is 2.95. The maximum atomic E-state index is 10.6. The minimum atomic E-state index is -0.725. The van der Waals surface area contributed by atoms with E-state index in [4.69, 9.17) is 0 Å². The topological polar surface area (TPSA) is 80.3 Å². The third kappa shape index (κ3) is 2.42. The van der Waals surface area contributed by atoms with E-state index in [9.17, 15) is 5.11 Å². The molecule has 1 saturated heterocycles. The quantitative estimate of drug-likeness (QED) is 0.752. The zero-order valence-electron chi connectivity index (χ0n) is 13.3. The van der Waals surface area contributed by atoms with Gasteiger partial charge in [0.2, 0.25) is 0 Å². The molecule has 2 N–H and O–H groups in total. The van der Waals surface area contributed by atoms with Crippen LogP contribution in [0, 0.1) is 13.8 Å². The number of hydrogen-bond acceptors (Lipinski definition) is 5. The third-order valence-electron chi connectivity index (χ3n) is 4.42. The van der Waals surface area contributed by atoms with Crippen LogP contribution in [0.5, 0.6) is 0 Å². The minimum Gasteiger partial charge on any atom is -0.387 e. The van der Waals surface area contributed by atoms with Gasteiger partial charge in [0.1, 0.15) is 5.82 Å². The van der Waals surface area contributed by atoms with Crippen LogP contribution in [0.25, 0.3) is 17.0 Å². The van der Waals surface area contributed by atoms with Crippen LogP contribution in [0.3, 0.4) is 0 Å². The summed E-state index contributed by atoms with van der Waals surface area (Å²) < 4.78 is 3.82. The number of aliphatic hydroxyl groups is 1. The first-order valence-corrected chi connectivity index (χ1v) is 7.82. The molecule has 0 bridgehead atoms. The van der Waals surface area contributed by atoms with E-state index in [0.29, 0.717) is 13.1 Å². The van der Waals surface area contributed by atoms with Gasteiger partial charge >= 0.3 is 0 Å². The van der Waals surface area contributed by atoms with Crippen LogP contribution >= 0.6 is 0 Å². The van der Waals surface area contributed by atoms with Gasteiger partial charge in [-0.2, -0.15) is 5.10 Å². The second-order valence-corrected chi connectivity index (χ2v) is 6.36. The molecular weight excluding hydrogens is 292 g/mol. The molecule has 7 nitrogen and oxygen atoms in total. The largest absolute Gasteiger partial charge is 0.387 e. The van der Waals surface area contributed by atoms with Crippen molar-refractivity contribution in [1.82, 2.24) is 29.5 Å². The predicted molar refractivity (Wildman–Crippen MR) is 86.1 cm³/mol. The highest BCUT2D eigenvalue weighted by molar-refractivity contribution is 5.72. The smallest absolute Gasteiger partial charge is 0.166 e. The summed E-state index contributed by atoms with van der Waals surface area (Å²) in [6.07, 6.45) is 6.20. The lowest BCUT2D eigenvalue weighted by atomic mass is 10.0. The van der Waals surface area contributed by atoms with E-state index in [1.807, 2.05) is 35.2 Å². The Kier molecular flexibility index (Phi) is 3.21. The number of β-amino-alcohol motifs (C(OH)–C–C–N with tert-alkyl or cyclic N) is 1. The van der Waals surface area contributed by atoms with Crippen LogP contribution in [0.1, 0.15) is 17.8 Å². The Morgan fingerprint density at radius 1 is 1.39 bits per heavy atom. The molecule has 0 spiro atoms. The van der Waals surface area contributed by atoms with Gasteiger partial charge in [-0.3, -0.25) is 0 Å². The van der Waals surface area contributed by atoms with E-state index in [0.717, 1.165) is 41.4 Å². The van der Waals surface area contributed by atoms with Crippen LogP contribution < -0.4 is 5.32 Å². The van der Waals surface area contributed by atoms with Gasteiger partial charge in [-0.05, 0) is 32.9 Å². The lowest BCUT2D eigenvalue weighted by molar-refractivity contribution is 0.0436. The van der Waals surface area contributed by atoms with E-state index >= 15 is 0 Å². The van der Waals surface area contributed by atoms with Gasteiger partial charge in [-0.1, -0.05) is 0 Å². The zero-order chi connectivity index (χ0) is 16.0. The lowest BCUT2D eigenvalue weighted by Gasteiger charge is -2.22. The maximum Gasteiger partial charge on any atom is 0.166 e. The number of fused-ring (bicyclic) bond motifs is 1. The lowest BCUT2D eigenvalue weighted by Crippen LogP contribution is -2.36. The predicted octanol–water partition coefficient (Wildman–Crippen LogP) is 0.934. The van der Waals surface area contributed by atoms with Crippen LogP contribution in [0.15, 0.2) is 24.7 Å². The van der Waals surface area contributed by atoms with Crippen LogP contribution in [-0.2, 0) is 6.54 Å². The molecule has 23 heavy (non-hydrogen) atoms. The van der Waals surface area contributed by atoms with Crippen molar-refractivity contribution in [3.05, 3.63) is 36.0 Å². The number of imidazole rings is 1. The number of nitrogens with zero attached hydrogens (tertiary/aromatic N) is 5. The molecule has 1 fully saturated rings. The van der Waals surface area contributed by atoms with Crippen LogP contribution in [0.2, 0.25) is 0 Å². The Labute approximate surface area is 134 Å². The molecule has 0 aliphatic carbocycles. The normalized spacial score (nSPS) is 21.3. The van der Waals surface area contributed by atoms with E-state index in [-0.39, 0.29) is 0 Å². The molecule has 0 aromatic carbocycles. The monoisotopic (exact) mass is 312 g/mol. The molecule has 4 heterocycles. The number of nitrogens with one attached hydrogen (secondary N) is 1. The Bertz CT molecular complexity index is 859. The number of aryl methyl sites for hydroxylation is 2. The zero-order valence-corrected chi connectivity index (χ0v) is 13.3. The van der Waals surface area contributed by atoms with Crippen molar-refractivity contribution in [3.8, 4) is 11.4 Å². The summed E-state index contributed by atoms with van der Waals surface area (Å²) in [7, 11) is 0. The second kappa shape index (κ2) is 5.14. The summed E-state index contributed by atoms with van der Waals surface area (Å²) in [6.45, 7) is 5.95. The van der Waals surface area contributed by atoms with E-state index in [1.165, 1.54) is 0 Å². The fourth-order valence-electron chi connectivity index (χ4n) is 3.29. The number of aromatic nitrogens is 5. The van der Waals surface area contributed by atoms with Crippen molar-refractivity contribution in [1.29, 1.82) is 0 Å². The van der Waals surface area contributed by atoms with Gasteiger partial charge in [-0.25, -0.2) is 14.5 Å². The molecule has 3 aromatic rings. The molecule has 1 aliphatic rings. The highest BCUT2D eigenvalue weighted by Gasteiger charge is 2.32. The average molecular weight is 312 g/mol. The van der Waals surface area contributed by atoms with Gasteiger partial charge in [0.15, 0.2) is 5.65 Å². The molecule has 0 amide bonds. The van der Waals surface area contributed by atoms with Crippen molar-refractivity contribution >= 4 is 5.65 Å². The van der Waals surface area contributed by atoms with Crippen LogP contribution in [-0.4, -0.2) is 47.9 Å². The Morgan fingerprint density at radius 3 is 3.04 bits per heavy atom. The fourth-order valence-corrected chi connectivity index (χ4v) is 3.29. The van der Waals surface area contributed by atoms with Gasteiger partial charge in [0, 0.05) is 30.3 Å². The molecule has 3 aromatic heterocycles. The SMILES string of the molecule is Cc1cc(C)n2ncc(-c3nccn3CC3(O)CCNC3)c2n1. The molecule has 120 valence electrons. The van der Waals surface area contributed by atoms with Crippen LogP contribution in [0.4, 0.5) is 0 Å². The summed E-state index contributed by atoms with van der Waals surface area (Å²) in [5, 5.41) is 18.3. The first kappa shape index (κ1) is 14.3. The molecule has 1 unspecified atom stereocenters. The molecule has 0 saturated carbocycles. The van der Waals surface area contributed by atoms with E-state index in [2.05, 4.69) is 20.4 Å². The summed E-state index contributed by atoms with van der Waals surface area (Å²) >= 11 is 0. The summed E-state index contributed by atoms with van der Waals surface area (Å²) in [4.78, 5) is 9.09. The maximum absolute atomic E-state index is 10.6. The first-order valence-electron chi connectivity index (χ1n) is 7.82.